The molecule has 0 aliphatic carbocycles. The molecule has 1 N–H and O–H groups in total. The molecule has 0 unspecified atom stereocenters. The summed E-state index contributed by atoms with van der Waals surface area (Å²) in [7, 11) is 0. The van der Waals surface area contributed by atoms with E-state index in [1.54, 1.807) is 4.68 Å². The minimum Gasteiger partial charge on any atom is -0.444 e. The molecule has 4 aromatic rings. The smallest absolute Gasteiger partial charge is 0.411 e. The SMILES string of the molecule is Cc1ccc(NC(=O)OCc2cn(-c3ccccc3)nc2-c2ccccc2)cc1. The molecule has 0 bridgehead atoms. The molecule has 4 rings (SSSR count). The van der Waals surface area contributed by atoms with Gasteiger partial charge in [-0.25, -0.2) is 9.48 Å². The van der Waals surface area contributed by atoms with Gasteiger partial charge in [0.05, 0.1) is 11.4 Å². The predicted molar refractivity (Wildman–Crippen MR) is 114 cm³/mol. The Kier molecular flexibility index (Phi) is 5.38. The highest BCUT2D eigenvalue weighted by Gasteiger charge is 2.14. The second-order valence-corrected chi connectivity index (χ2v) is 6.72. The van der Waals surface area contributed by atoms with E-state index < -0.39 is 6.09 Å². The number of ether oxygens (including phenoxy) is 1. The Hall–Kier alpha value is -3.86. The fourth-order valence-electron chi connectivity index (χ4n) is 3.00. The Morgan fingerprint density at radius 3 is 2.28 bits per heavy atom. The van der Waals surface area contributed by atoms with Crippen LogP contribution in [0.15, 0.2) is 91.1 Å². The average molecular weight is 383 g/mol. The Bertz CT molecular complexity index is 1090. The number of benzene rings is 3. The first-order chi connectivity index (χ1) is 14.2. The first-order valence-electron chi connectivity index (χ1n) is 9.39. The summed E-state index contributed by atoms with van der Waals surface area (Å²) in [5, 5.41) is 7.48. The fourth-order valence-corrected chi connectivity index (χ4v) is 3.00. The van der Waals surface area contributed by atoms with Crippen LogP contribution in [0.3, 0.4) is 0 Å². The van der Waals surface area contributed by atoms with E-state index in [0.717, 1.165) is 28.1 Å². The molecule has 144 valence electrons. The summed E-state index contributed by atoms with van der Waals surface area (Å²) in [6.07, 6.45) is 1.40. The molecule has 29 heavy (non-hydrogen) atoms. The lowest BCUT2D eigenvalue weighted by Gasteiger charge is -2.07. The lowest BCUT2D eigenvalue weighted by Crippen LogP contribution is -2.13. The molecule has 5 heteroatoms. The summed E-state index contributed by atoms with van der Waals surface area (Å²) in [5.74, 6) is 0. The molecule has 0 fully saturated rings. The van der Waals surface area contributed by atoms with Gasteiger partial charge >= 0.3 is 6.09 Å². The van der Waals surface area contributed by atoms with Crippen molar-refractivity contribution in [2.75, 3.05) is 5.32 Å². The summed E-state index contributed by atoms with van der Waals surface area (Å²) >= 11 is 0. The Labute approximate surface area is 169 Å². The first-order valence-corrected chi connectivity index (χ1v) is 9.39. The van der Waals surface area contributed by atoms with Crippen LogP contribution in [0.4, 0.5) is 10.5 Å². The van der Waals surface area contributed by atoms with Crippen LogP contribution in [0.1, 0.15) is 11.1 Å². The average Bonchev–Trinajstić information content (AvgIpc) is 3.20. The van der Waals surface area contributed by atoms with E-state index >= 15 is 0 Å². The van der Waals surface area contributed by atoms with Crippen LogP contribution >= 0.6 is 0 Å². The number of anilines is 1. The zero-order valence-corrected chi connectivity index (χ0v) is 16.1. The van der Waals surface area contributed by atoms with Crippen molar-refractivity contribution in [1.82, 2.24) is 9.78 Å². The van der Waals surface area contributed by atoms with Crippen molar-refractivity contribution in [1.29, 1.82) is 0 Å². The maximum atomic E-state index is 12.2. The fraction of sp³-hybridized carbons (Fsp3) is 0.0833. The molecule has 0 aliphatic heterocycles. The number of rotatable bonds is 5. The van der Waals surface area contributed by atoms with Crippen LogP contribution in [-0.2, 0) is 11.3 Å². The van der Waals surface area contributed by atoms with Crippen molar-refractivity contribution in [3.8, 4) is 16.9 Å². The van der Waals surface area contributed by atoms with Gasteiger partial charge in [0.1, 0.15) is 6.61 Å². The third-order valence-corrected chi connectivity index (χ3v) is 4.51. The molecule has 0 saturated heterocycles. The molecule has 0 saturated carbocycles. The summed E-state index contributed by atoms with van der Waals surface area (Å²) < 4.78 is 7.27. The normalized spacial score (nSPS) is 10.5. The van der Waals surface area contributed by atoms with Crippen molar-refractivity contribution >= 4 is 11.8 Å². The van der Waals surface area contributed by atoms with E-state index in [0.29, 0.717) is 5.69 Å². The molecular weight excluding hydrogens is 362 g/mol. The number of carbonyl (C=O) groups excluding carboxylic acids is 1. The molecule has 1 heterocycles. The van der Waals surface area contributed by atoms with Crippen molar-refractivity contribution in [2.45, 2.75) is 13.5 Å². The maximum absolute atomic E-state index is 12.2. The Morgan fingerprint density at radius 1 is 0.931 bits per heavy atom. The van der Waals surface area contributed by atoms with E-state index in [9.17, 15) is 4.79 Å². The van der Waals surface area contributed by atoms with Gasteiger partial charge in [0.25, 0.3) is 0 Å². The van der Waals surface area contributed by atoms with E-state index in [-0.39, 0.29) is 6.61 Å². The summed E-state index contributed by atoms with van der Waals surface area (Å²) in [6.45, 7) is 2.12. The van der Waals surface area contributed by atoms with Gasteiger partial charge in [0, 0.05) is 23.0 Å². The largest absolute Gasteiger partial charge is 0.444 e. The number of aryl methyl sites for hydroxylation is 1. The number of carbonyl (C=O) groups is 1. The second kappa shape index (κ2) is 8.44. The Balaban J connectivity index is 1.54. The monoisotopic (exact) mass is 383 g/mol. The van der Waals surface area contributed by atoms with Gasteiger partial charge in [-0.1, -0.05) is 66.2 Å². The van der Waals surface area contributed by atoms with Crippen molar-refractivity contribution in [3.05, 3.63) is 102 Å². The van der Waals surface area contributed by atoms with Crippen molar-refractivity contribution < 1.29 is 9.53 Å². The van der Waals surface area contributed by atoms with E-state index in [1.165, 1.54) is 0 Å². The number of hydrogen-bond acceptors (Lipinski definition) is 3. The quantitative estimate of drug-likeness (QED) is 0.488. The minimum atomic E-state index is -0.500. The lowest BCUT2D eigenvalue weighted by molar-refractivity contribution is 0.155. The van der Waals surface area contributed by atoms with E-state index in [4.69, 9.17) is 9.84 Å². The predicted octanol–water partition coefficient (Wildman–Crippen LogP) is 5.60. The van der Waals surface area contributed by atoms with Crippen molar-refractivity contribution in [2.24, 2.45) is 0 Å². The number of nitrogens with one attached hydrogen (secondary N) is 1. The highest BCUT2D eigenvalue weighted by atomic mass is 16.5. The van der Waals surface area contributed by atoms with Gasteiger partial charge in [0.15, 0.2) is 0 Å². The van der Waals surface area contributed by atoms with Gasteiger partial charge in [-0.2, -0.15) is 5.10 Å². The van der Waals surface area contributed by atoms with Gasteiger partial charge in [-0.05, 0) is 31.2 Å². The second-order valence-electron chi connectivity index (χ2n) is 6.72. The van der Waals surface area contributed by atoms with Crippen LogP contribution in [0.25, 0.3) is 16.9 Å². The van der Waals surface area contributed by atoms with Gasteiger partial charge in [0.2, 0.25) is 0 Å². The third kappa shape index (κ3) is 4.52. The van der Waals surface area contributed by atoms with Gasteiger partial charge in [-0.3, -0.25) is 5.32 Å². The van der Waals surface area contributed by atoms with Crippen LogP contribution < -0.4 is 5.32 Å². The maximum Gasteiger partial charge on any atom is 0.411 e. The molecule has 5 nitrogen and oxygen atoms in total. The van der Waals surface area contributed by atoms with Gasteiger partial charge in [-0.15, -0.1) is 0 Å². The lowest BCUT2D eigenvalue weighted by atomic mass is 10.1. The van der Waals surface area contributed by atoms with Crippen LogP contribution in [0.2, 0.25) is 0 Å². The van der Waals surface area contributed by atoms with E-state index in [2.05, 4.69) is 5.32 Å². The van der Waals surface area contributed by atoms with Crippen LogP contribution in [-0.4, -0.2) is 15.9 Å². The molecule has 0 aliphatic rings. The Morgan fingerprint density at radius 2 is 1.59 bits per heavy atom. The summed E-state index contributed by atoms with van der Waals surface area (Å²) in [5.41, 5.74) is 5.37. The van der Waals surface area contributed by atoms with Crippen molar-refractivity contribution in [3.63, 3.8) is 0 Å². The molecule has 3 aromatic carbocycles. The first kappa shape index (κ1) is 18.5. The standard InChI is InChI=1S/C24H21N3O2/c1-18-12-14-21(15-13-18)25-24(28)29-17-20-16-27(22-10-6-3-7-11-22)26-23(20)19-8-4-2-5-9-19/h2-16H,17H2,1H3,(H,25,28). The molecule has 0 atom stereocenters. The summed E-state index contributed by atoms with van der Waals surface area (Å²) in [4.78, 5) is 12.2. The van der Waals surface area contributed by atoms with Crippen LogP contribution in [0, 0.1) is 6.92 Å². The summed E-state index contributed by atoms with van der Waals surface area (Å²) in [6, 6.07) is 27.3. The number of para-hydroxylation sites is 1. The van der Waals surface area contributed by atoms with Gasteiger partial charge < -0.3 is 4.74 Å². The third-order valence-electron chi connectivity index (χ3n) is 4.51. The zero-order valence-electron chi connectivity index (χ0n) is 16.1. The topological polar surface area (TPSA) is 56.1 Å². The van der Waals surface area contributed by atoms with Crippen LogP contribution in [0.5, 0.6) is 0 Å². The minimum absolute atomic E-state index is 0.120. The molecule has 1 aromatic heterocycles. The highest BCUT2D eigenvalue weighted by Crippen LogP contribution is 2.24. The molecule has 1 amide bonds. The number of hydrogen-bond donors (Lipinski definition) is 1. The zero-order chi connectivity index (χ0) is 20.1. The highest BCUT2D eigenvalue weighted by molar-refractivity contribution is 5.84. The number of amides is 1. The molecular formula is C24H21N3O2. The number of nitrogens with zero attached hydrogens (tertiary/aromatic N) is 2. The number of aromatic nitrogens is 2. The van der Waals surface area contributed by atoms with E-state index in [1.807, 2.05) is 98.0 Å². The molecule has 0 radical (unpaired) electrons. The molecule has 0 spiro atoms.